The zero-order chi connectivity index (χ0) is 18.5. The van der Waals surface area contributed by atoms with Crippen LogP contribution in [0.5, 0.6) is 0 Å². The van der Waals surface area contributed by atoms with Gasteiger partial charge in [0.1, 0.15) is 5.71 Å². The predicted octanol–water partition coefficient (Wildman–Crippen LogP) is 1.98. The summed E-state index contributed by atoms with van der Waals surface area (Å²) in [6, 6.07) is 14.7. The van der Waals surface area contributed by atoms with Gasteiger partial charge in [0.2, 0.25) is 0 Å². The average Bonchev–Trinajstić information content (AvgIpc) is 3.09. The molecule has 1 heterocycles. The molecule has 0 aliphatic rings. The highest BCUT2D eigenvalue weighted by Crippen LogP contribution is 2.14. The second-order valence-corrected chi connectivity index (χ2v) is 5.86. The SMILES string of the molecule is N=C(C(=O)Nc1cnn(Cc2ccc(CN)cc2)c1)c1ccccc1N. The molecule has 0 atom stereocenters. The summed E-state index contributed by atoms with van der Waals surface area (Å²) in [4.78, 5) is 12.3. The summed E-state index contributed by atoms with van der Waals surface area (Å²) < 4.78 is 1.72. The molecule has 2 aromatic carbocycles. The summed E-state index contributed by atoms with van der Waals surface area (Å²) in [5.41, 5.74) is 14.7. The topological polar surface area (TPSA) is 123 Å². The van der Waals surface area contributed by atoms with E-state index in [1.54, 1.807) is 41.3 Å². The number of nitrogen functional groups attached to an aromatic ring is 1. The van der Waals surface area contributed by atoms with E-state index in [1.165, 1.54) is 0 Å². The second-order valence-electron chi connectivity index (χ2n) is 5.86. The minimum Gasteiger partial charge on any atom is -0.398 e. The molecule has 0 aliphatic carbocycles. The lowest BCUT2D eigenvalue weighted by Crippen LogP contribution is -2.23. The van der Waals surface area contributed by atoms with Gasteiger partial charge in [-0.05, 0) is 17.2 Å². The van der Waals surface area contributed by atoms with Crippen molar-refractivity contribution in [2.45, 2.75) is 13.1 Å². The van der Waals surface area contributed by atoms with Crippen molar-refractivity contribution in [3.8, 4) is 0 Å². The predicted molar refractivity (Wildman–Crippen MR) is 102 cm³/mol. The summed E-state index contributed by atoms with van der Waals surface area (Å²) >= 11 is 0. The summed E-state index contributed by atoms with van der Waals surface area (Å²) in [6.45, 7) is 1.08. The Balaban J connectivity index is 1.65. The first kappa shape index (κ1) is 17.4. The highest BCUT2D eigenvalue weighted by Gasteiger charge is 2.15. The van der Waals surface area contributed by atoms with Crippen LogP contribution >= 0.6 is 0 Å². The number of amides is 1. The Hall–Kier alpha value is -3.45. The maximum absolute atomic E-state index is 12.3. The van der Waals surface area contributed by atoms with Crippen LogP contribution in [0.15, 0.2) is 60.9 Å². The van der Waals surface area contributed by atoms with Crippen LogP contribution in [0, 0.1) is 5.41 Å². The number of nitrogens with two attached hydrogens (primary N) is 2. The molecule has 3 rings (SSSR count). The van der Waals surface area contributed by atoms with Crippen LogP contribution in [0.2, 0.25) is 0 Å². The number of hydrogen-bond donors (Lipinski definition) is 4. The molecule has 3 aromatic rings. The van der Waals surface area contributed by atoms with E-state index < -0.39 is 5.91 Å². The Kier molecular flexibility index (Phi) is 5.09. The van der Waals surface area contributed by atoms with Crippen LogP contribution in [0.1, 0.15) is 16.7 Å². The lowest BCUT2D eigenvalue weighted by Gasteiger charge is -2.07. The number of aromatic nitrogens is 2. The highest BCUT2D eigenvalue weighted by atomic mass is 16.1. The molecule has 7 nitrogen and oxygen atoms in total. The van der Waals surface area contributed by atoms with Gasteiger partial charge in [-0.2, -0.15) is 5.10 Å². The molecule has 0 saturated heterocycles. The molecule has 1 amide bonds. The Morgan fingerprint density at radius 3 is 2.50 bits per heavy atom. The van der Waals surface area contributed by atoms with Crippen molar-refractivity contribution in [2.75, 3.05) is 11.1 Å². The van der Waals surface area contributed by atoms with Gasteiger partial charge in [0.25, 0.3) is 5.91 Å². The third-order valence-corrected chi connectivity index (χ3v) is 3.95. The smallest absolute Gasteiger partial charge is 0.274 e. The van der Waals surface area contributed by atoms with E-state index >= 15 is 0 Å². The van der Waals surface area contributed by atoms with Gasteiger partial charge >= 0.3 is 0 Å². The molecule has 0 saturated carbocycles. The minimum atomic E-state index is -0.533. The third kappa shape index (κ3) is 3.96. The van der Waals surface area contributed by atoms with E-state index in [0.717, 1.165) is 11.1 Å². The number of hydrogen-bond acceptors (Lipinski definition) is 5. The van der Waals surface area contributed by atoms with Crippen molar-refractivity contribution in [1.82, 2.24) is 9.78 Å². The van der Waals surface area contributed by atoms with Crippen molar-refractivity contribution in [3.63, 3.8) is 0 Å². The summed E-state index contributed by atoms with van der Waals surface area (Å²) in [5.74, 6) is -0.533. The van der Waals surface area contributed by atoms with E-state index in [2.05, 4.69) is 10.4 Å². The fourth-order valence-corrected chi connectivity index (χ4v) is 2.52. The molecule has 6 N–H and O–H groups in total. The van der Waals surface area contributed by atoms with Crippen molar-refractivity contribution in [1.29, 1.82) is 5.41 Å². The number of para-hydroxylation sites is 1. The number of benzene rings is 2. The number of nitrogens with one attached hydrogen (secondary N) is 2. The third-order valence-electron chi connectivity index (χ3n) is 3.95. The van der Waals surface area contributed by atoms with E-state index in [0.29, 0.717) is 30.0 Å². The second kappa shape index (κ2) is 7.62. The Morgan fingerprint density at radius 1 is 1.12 bits per heavy atom. The summed E-state index contributed by atoms with van der Waals surface area (Å²) in [5, 5.41) is 14.9. The van der Waals surface area contributed by atoms with Crippen LogP contribution in [0.4, 0.5) is 11.4 Å². The molecule has 0 spiro atoms. The van der Waals surface area contributed by atoms with Crippen molar-refractivity contribution >= 4 is 23.0 Å². The molecule has 0 unspecified atom stereocenters. The van der Waals surface area contributed by atoms with Gasteiger partial charge in [0, 0.05) is 24.0 Å². The molecule has 0 aliphatic heterocycles. The number of rotatable bonds is 6. The van der Waals surface area contributed by atoms with E-state index in [4.69, 9.17) is 16.9 Å². The van der Waals surface area contributed by atoms with Crippen molar-refractivity contribution < 1.29 is 4.79 Å². The van der Waals surface area contributed by atoms with E-state index in [9.17, 15) is 4.79 Å². The van der Waals surface area contributed by atoms with Crippen LogP contribution in [0.25, 0.3) is 0 Å². The molecular weight excluding hydrogens is 328 g/mol. The fraction of sp³-hybridized carbons (Fsp3) is 0.105. The standard InChI is InChI=1S/C19H20N6O/c20-9-13-5-7-14(8-6-13)11-25-12-15(10-23-25)24-19(26)18(22)16-3-1-2-4-17(16)21/h1-8,10,12,22H,9,11,20-21H2,(H,24,26). The first-order chi connectivity index (χ1) is 12.6. The number of carbonyl (C=O) groups is 1. The average molecular weight is 348 g/mol. The number of anilines is 2. The van der Waals surface area contributed by atoms with E-state index in [-0.39, 0.29) is 5.71 Å². The van der Waals surface area contributed by atoms with Crippen LogP contribution in [0.3, 0.4) is 0 Å². The normalized spacial score (nSPS) is 10.5. The van der Waals surface area contributed by atoms with Crippen molar-refractivity contribution in [3.05, 3.63) is 77.6 Å². The Labute approximate surface area is 151 Å². The first-order valence-corrected chi connectivity index (χ1v) is 8.12. The molecular formula is C19H20N6O. The van der Waals surface area contributed by atoms with Gasteiger partial charge in [0.05, 0.1) is 18.4 Å². The quantitative estimate of drug-likeness (QED) is 0.402. The zero-order valence-corrected chi connectivity index (χ0v) is 14.1. The number of nitrogens with zero attached hydrogens (tertiary/aromatic N) is 2. The monoisotopic (exact) mass is 348 g/mol. The summed E-state index contributed by atoms with van der Waals surface area (Å²) in [7, 11) is 0. The van der Waals surface area contributed by atoms with Gasteiger partial charge in [-0.1, -0.05) is 42.5 Å². The van der Waals surface area contributed by atoms with E-state index in [1.807, 2.05) is 24.3 Å². The Morgan fingerprint density at radius 2 is 1.81 bits per heavy atom. The van der Waals surface area contributed by atoms with Gasteiger partial charge in [-0.3, -0.25) is 14.9 Å². The van der Waals surface area contributed by atoms with Gasteiger partial charge < -0.3 is 16.8 Å². The lowest BCUT2D eigenvalue weighted by atomic mass is 10.1. The summed E-state index contributed by atoms with van der Waals surface area (Å²) in [6.07, 6.45) is 3.27. The maximum atomic E-state index is 12.3. The molecule has 26 heavy (non-hydrogen) atoms. The van der Waals surface area contributed by atoms with Crippen LogP contribution in [-0.2, 0) is 17.9 Å². The molecule has 132 valence electrons. The fourth-order valence-electron chi connectivity index (χ4n) is 2.52. The molecule has 7 heteroatoms. The van der Waals surface area contributed by atoms with Gasteiger partial charge in [-0.15, -0.1) is 0 Å². The van der Waals surface area contributed by atoms with Crippen LogP contribution in [-0.4, -0.2) is 21.4 Å². The minimum absolute atomic E-state index is 0.187. The first-order valence-electron chi connectivity index (χ1n) is 8.12. The number of carbonyl (C=O) groups excluding carboxylic acids is 1. The molecule has 1 aromatic heterocycles. The van der Waals surface area contributed by atoms with Gasteiger partial charge in [-0.25, -0.2) is 0 Å². The Bertz CT molecular complexity index is 929. The van der Waals surface area contributed by atoms with Gasteiger partial charge in [0.15, 0.2) is 0 Å². The van der Waals surface area contributed by atoms with Crippen molar-refractivity contribution in [2.24, 2.45) is 5.73 Å². The van der Waals surface area contributed by atoms with Crippen LogP contribution < -0.4 is 16.8 Å². The maximum Gasteiger partial charge on any atom is 0.274 e. The highest BCUT2D eigenvalue weighted by molar-refractivity contribution is 6.48. The zero-order valence-electron chi connectivity index (χ0n) is 14.1. The largest absolute Gasteiger partial charge is 0.398 e. The molecule has 0 bridgehead atoms. The lowest BCUT2D eigenvalue weighted by molar-refractivity contribution is -0.110. The molecule has 0 radical (unpaired) electrons. The molecule has 0 fully saturated rings.